The second kappa shape index (κ2) is 6.94. The number of rotatable bonds is 6. The smallest absolute Gasteiger partial charge is 0.0122 e. The summed E-state index contributed by atoms with van der Waals surface area (Å²) in [6, 6.07) is 21.3. The number of hydrogen-bond acceptors (Lipinski definition) is 0. The average molecular weight is 250 g/mol. The van der Waals surface area contributed by atoms with E-state index >= 15 is 0 Å². The summed E-state index contributed by atoms with van der Waals surface area (Å²) in [4.78, 5) is 0. The second-order valence-electron chi connectivity index (χ2n) is 5.07. The van der Waals surface area contributed by atoms with Gasteiger partial charge in [0, 0.05) is 0 Å². The molecule has 1 atom stereocenters. The molecule has 2 rings (SSSR count). The van der Waals surface area contributed by atoms with Crippen LogP contribution in [0.25, 0.3) is 5.57 Å². The Kier molecular flexibility index (Phi) is 4.97. The summed E-state index contributed by atoms with van der Waals surface area (Å²) in [5.74, 6) is 0.582. The maximum absolute atomic E-state index is 4.27. The van der Waals surface area contributed by atoms with Crippen LogP contribution >= 0.6 is 0 Å². The molecule has 0 heterocycles. The normalized spacial score (nSPS) is 12.1. The molecule has 0 nitrogen and oxygen atoms in total. The van der Waals surface area contributed by atoms with Gasteiger partial charge < -0.3 is 0 Å². The van der Waals surface area contributed by atoms with Gasteiger partial charge in [0.25, 0.3) is 0 Å². The molecule has 0 radical (unpaired) electrons. The Hall–Kier alpha value is -1.82. The third kappa shape index (κ3) is 3.82. The molecule has 2 aromatic carbocycles. The molecule has 0 spiro atoms. The standard InChI is InChI=1S/C19H22/c1-3-10-19(18-13-8-5-9-14-18)15-16(2)17-11-6-4-7-12-17/h4-9,11-14,19H,2-3,10,15H2,1H3. The largest absolute Gasteiger partial charge is 0.0952 e. The minimum Gasteiger partial charge on any atom is -0.0952 e. The molecule has 98 valence electrons. The van der Waals surface area contributed by atoms with E-state index < -0.39 is 0 Å². The van der Waals surface area contributed by atoms with E-state index in [1.54, 1.807) is 0 Å². The van der Waals surface area contributed by atoms with Crippen molar-refractivity contribution >= 4 is 5.57 Å². The predicted molar refractivity (Wildman–Crippen MR) is 84.2 cm³/mol. The molecule has 0 heteroatoms. The van der Waals surface area contributed by atoms with Gasteiger partial charge in [-0.2, -0.15) is 0 Å². The third-order valence-electron chi connectivity index (χ3n) is 3.58. The van der Waals surface area contributed by atoms with Gasteiger partial charge in [0.2, 0.25) is 0 Å². The van der Waals surface area contributed by atoms with Crippen LogP contribution in [0.2, 0.25) is 0 Å². The summed E-state index contributed by atoms with van der Waals surface area (Å²) in [6.45, 7) is 6.52. The summed E-state index contributed by atoms with van der Waals surface area (Å²) < 4.78 is 0. The highest BCUT2D eigenvalue weighted by Crippen LogP contribution is 2.31. The number of allylic oxidation sites excluding steroid dienone is 1. The van der Waals surface area contributed by atoms with Gasteiger partial charge in [0.15, 0.2) is 0 Å². The zero-order valence-corrected chi connectivity index (χ0v) is 11.7. The Morgan fingerprint density at radius 1 is 0.947 bits per heavy atom. The predicted octanol–water partition coefficient (Wildman–Crippen LogP) is 5.67. The molecule has 0 aliphatic carbocycles. The maximum atomic E-state index is 4.27. The van der Waals surface area contributed by atoms with Crippen LogP contribution in [0.15, 0.2) is 67.2 Å². The van der Waals surface area contributed by atoms with Gasteiger partial charge >= 0.3 is 0 Å². The van der Waals surface area contributed by atoms with Crippen LogP contribution in [0.1, 0.15) is 43.2 Å². The molecule has 0 amide bonds. The molecular formula is C19H22. The van der Waals surface area contributed by atoms with E-state index in [4.69, 9.17) is 0 Å². The number of hydrogen-bond donors (Lipinski definition) is 0. The lowest BCUT2D eigenvalue weighted by molar-refractivity contribution is 0.627. The SMILES string of the molecule is C=C(CC(CCC)c1ccccc1)c1ccccc1. The van der Waals surface area contributed by atoms with Gasteiger partial charge in [0.05, 0.1) is 0 Å². The van der Waals surface area contributed by atoms with Crippen LogP contribution in [0.4, 0.5) is 0 Å². The molecule has 0 fully saturated rings. The zero-order valence-electron chi connectivity index (χ0n) is 11.7. The van der Waals surface area contributed by atoms with Crippen LogP contribution in [0.3, 0.4) is 0 Å². The van der Waals surface area contributed by atoms with Gasteiger partial charge in [-0.05, 0) is 35.5 Å². The Balaban J connectivity index is 2.11. The summed E-state index contributed by atoms with van der Waals surface area (Å²) >= 11 is 0. The molecule has 19 heavy (non-hydrogen) atoms. The van der Waals surface area contributed by atoms with Gasteiger partial charge in [-0.15, -0.1) is 0 Å². The van der Waals surface area contributed by atoms with E-state index in [2.05, 4.69) is 74.2 Å². The van der Waals surface area contributed by atoms with Crippen molar-refractivity contribution in [2.45, 2.75) is 32.1 Å². The van der Waals surface area contributed by atoms with E-state index in [-0.39, 0.29) is 0 Å². The summed E-state index contributed by atoms with van der Waals surface area (Å²) in [5.41, 5.74) is 3.93. The molecule has 0 saturated carbocycles. The Labute approximate surface area is 116 Å². The first-order valence-electron chi connectivity index (χ1n) is 7.09. The average Bonchev–Trinajstić information content (AvgIpc) is 2.48. The van der Waals surface area contributed by atoms with Crippen LogP contribution in [-0.4, -0.2) is 0 Å². The van der Waals surface area contributed by atoms with Crippen LogP contribution in [0.5, 0.6) is 0 Å². The topological polar surface area (TPSA) is 0 Å². The highest BCUT2D eigenvalue weighted by atomic mass is 14.2. The first-order valence-corrected chi connectivity index (χ1v) is 7.09. The molecule has 0 saturated heterocycles. The molecule has 0 aromatic heterocycles. The van der Waals surface area contributed by atoms with Crippen molar-refractivity contribution in [1.29, 1.82) is 0 Å². The molecule has 2 aromatic rings. The maximum Gasteiger partial charge on any atom is -0.0122 e. The lowest BCUT2D eigenvalue weighted by atomic mass is 9.87. The number of benzene rings is 2. The molecule has 0 aliphatic rings. The van der Waals surface area contributed by atoms with E-state index in [0.29, 0.717) is 5.92 Å². The quantitative estimate of drug-likeness (QED) is 0.619. The fraction of sp³-hybridized carbons (Fsp3) is 0.263. The van der Waals surface area contributed by atoms with E-state index in [1.165, 1.54) is 29.5 Å². The van der Waals surface area contributed by atoms with Gasteiger partial charge in [0.1, 0.15) is 0 Å². The monoisotopic (exact) mass is 250 g/mol. The van der Waals surface area contributed by atoms with Crippen LogP contribution in [0, 0.1) is 0 Å². The van der Waals surface area contributed by atoms with Crippen molar-refractivity contribution in [2.75, 3.05) is 0 Å². The minimum atomic E-state index is 0.582. The van der Waals surface area contributed by atoms with E-state index in [1.807, 2.05) is 0 Å². The van der Waals surface area contributed by atoms with Crippen molar-refractivity contribution in [3.63, 3.8) is 0 Å². The Morgan fingerprint density at radius 2 is 1.53 bits per heavy atom. The van der Waals surface area contributed by atoms with Crippen molar-refractivity contribution in [3.05, 3.63) is 78.4 Å². The lowest BCUT2D eigenvalue weighted by Gasteiger charge is -2.18. The lowest BCUT2D eigenvalue weighted by Crippen LogP contribution is -2.00. The highest BCUT2D eigenvalue weighted by molar-refractivity contribution is 5.63. The van der Waals surface area contributed by atoms with E-state index in [0.717, 1.165) is 6.42 Å². The van der Waals surface area contributed by atoms with Crippen LogP contribution in [-0.2, 0) is 0 Å². The van der Waals surface area contributed by atoms with Crippen LogP contribution < -0.4 is 0 Å². The highest BCUT2D eigenvalue weighted by Gasteiger charge is 2.12. The summed E-state index contributed by atoms with van der Waals surface area (Å²) in [5, 5.41) is 0. The molecule has 0 N–H and O–H groups in total. The van der Waals surface area contributed by atoms with Gasteiger partial charge in [-0.3, -0.25) is 0 Å². The Bertz CT molecular complexity index is 496. The van der Waals surface area contributed by atoms with E-state index in [9.17, 15) is 0 Å². The van der Waals surface area contributed by atoms with Gasteiger partial charge in [-0.25, -0.2) is 0 Å². The molecule has 1 unspecified atom stereocenters. The first-order chi connectivity index (χ1) is 9.31. The first kappa shape index (κ1) is 13.6. The zero-order chi connectivity index (χ0) is 13.5. The molecule has 0 aliphatic heterocycles. The second-order valence-corrected chi connectivity index (χ2v) is 5.07. The third-order valence-corrected chi connectivity index (χ3v) is 3.58. The van der Waals surface area contributed by atoms with Gasteiger partial charge in [-0.1, -0.05) is 80.6 Å². The summed E-state index contributed by atoms with van der Waals surface area (Å²) in [6.07, 6.45) is 3.47. The molecule has 0 bridgehead atoms. The molecular weight excluding hydrogens is 228 g/mol. The fourth-order valence-corrected chi connectivity index (χ4v) is 2.55. The van der Waals surface area contributed by atoms with Crippen molar-refractivity contribution in [1.82, 2.24) is 0 Å². The fourth-order valence-electron chi connectivity index (χ4n) is 2.55. The summed E-state index contributed by atoms with van der Waals surface area (Å²) in [7, 11) is 0. The van der Waals surface area contributed by atoms with Crippen molar-refractivity contribution < 1.29 is 0 Å². The minimum absolute atomic E-state index is 0.582. The Morgan fingerprint density at radius 3 is 2.11 bits per heavy atom. The van der Waals surface area contributed by atoms with Crippen molar-refractivity contribution in [2.24, 2.45) is 0 Å². The van der Waals surface area contributed by atoms with Crippen molar-refractivity contribution in [3.8, 4) is 0 Å².